The van der Waals surface area contributed by atoms with Crippen molar-refractivity contribution in [1.29, 1.82) is 0 Å². The lowest BCUT2D eigenvalue weighted by molar-refractivity contribution is -0.120. The van der Waals surface area contributed by atoms with Crippen molar-refractivity contribution in [3.05, 3.63) is 39.8 Å². The van der Waals surface area contributed by atoms with Crippen LogP contribution in [-0.2, 0) is 16.1 Å². The molecule has 0 bridgehead atoms. The van der Waals surface area contributed by atoms with Gasteiger partial charge in [-0.25, -0.2) is 4.98 Å². The molecular formula is C17H22N4O4. The first-order valence-corrected chi connectivity index (χ1v) is 8.03. The van der Waals surface area contributed by atoms with Crippen molar-refractivity contribution in [3.63, 3.8) is 0 Å². The Morgan fingerprint density at radius 1 is 1.28 bits per heavy atom. The second-order valence-corrected chi connectivity index (χ2v) is 5.48. The van der Waals surface area contributed by atoms with E-state index in [-0.39, 0.29) is 23.9 Å². The van der Waals surface area contributed by atoms with Crippen molar-refractivity contribution in [3.8, 4) is 0 Å². The van der Waals surface area contributed by atoms with Crippen LogP contribution < -0.4 is 16.2 Å². The highest BCUT2D eigenvalue weighted by Crippen LogP contribution is 2.13. The van der Waals surface area contributed by atoms with Crippen molar-refractivity contribution in [2.45, 2.75) is 20.4 Å². The maximum Gasteiger partial charge on any atom is 0.272 e. The maximum atomic E-state index is 12.2. The van der Waals surface area contributed by atoms with Gasteiger partial charge in [0.05, 0.1) is 24.2 Å². The van der Waals surface area contributed by atoms with Crippen LogP contribution in [0.15, 0.2) is 23.0 Å². The number of ether oxygens (including phenoxy) is 1. The molecule has 0 fully saturated rings. The van der Waals surface area contributed by atoms with E-state index in [2.05, 4.69) is 15.6 Å². The molecule has 0 aliphatic carbocycles. The number of nitrogens with zero attached hydrogens (tertiary/aromatic N) is 2. The summed E-state index contributed by atoms with van der Waals surface area (Å²) in [5.74, 6) is -0.669. The number of benzene rings is 1. The molecule has 0 atom stereocenters. The van der Waals surface area contributed by atoms with Gasteiger partial charge in [-0.15, -0.1) is 0 Å². The third-order valence-electron chi connectivity index (χ3n) is 3.73. The van der Waals surface area contributed by atoms with E-state index in [1.165, 1.54) is 0 Å². The Morgan fingerprint density at radius 3 is 2.72 bits per heavy atom. The van der Waals surface area contributed by atoms with Gasteiger partial charge in [0.15, 0.2) is 0 Å². The van der Waals surface area contributed by atoms with Crippen LogP contribution in [0.3, 0.4) is 0 Å². The molecule has 2 rings (SSSR count). The van der Waals surface area contributed by atoms with E-state index < -0.39 is 0 Å². The summed E-state index contributed by atoms with van der Waals surface area (Å²) in [6.45, 7) is 4.72. The average Bonchev–Trinajstić information content (AvgIpc) is 2.60. The maximum absolute atomic E-state index is 12.2. The van der Waals surface area contributed by atoms with Gasteiger partial charge in [0.25, 0.3) is 11.5 Å². The number of aryl methyl sites for hydroxylation is 2. The van der Waals surface area contributed by atoms with Gasteiger partial charge in [0.2, 0.25) is 5.91 Å². The Labute approximate surface area is 145 Å². The lowest BCUT2D eigenvalue weighted by atomic mass is 10.1. The largest absolute Gasteiger partial charge is 0.383 e. The summed E-state index contributed by atoms with van der Waals surface area (Å²) in [5.41, 5.74) is 1.86. The van der Waals surface area contributed by atoms with Crippen molar-refractivity contribution >= 4 is 22.8 Å². The molecule has 0 spiro atoms. The number of hydrogen-bond acceptors (Lipinski definition) is 5. The van der Waals surface area contributed by atoms with Crippen molar-refractivity contribution in [2.24, 2.45) is 0 Å². The number of hydrogen-bond donors (Lipinski definition) is 2. The third kappa shape index (κ3) is 4.42. The highest BCUT2D eigenvalue weighted by atomic mass is 16.5. The number of carbonyl (C=O) groups excluding carboxylic acids is 2. The summed E-state index contributed by atoms with van der Waals surface area (Å²) in [5, 5.41) is 5.18. The van der Waals surface area contributed by atoms with Crippen LogP contribution in [0, 0.1) is 6.92 Å². The zero-order chi connectivity index (χ0) is 18.4. The molecule has 0 saturated heterocycles. The van der Waals surface area contributed by atoms with Crippen LogP contribution in [0.1, 0.15) is 23.0 Å². The number of carbonyl (C=O) groups is 2. The van der Waals surface area contributed by atoms with Crippen molar-refractivity contribution in [2.75, 3.05) is 26.8 Å². The zero-order valence-corrected chi connectivity index (χ0v) is 14.6. The number of rotatable bonds is 7. The molecule has 0 aliphatic rings. The molecule has 2 N–H and O–H groups in total. The Kier molecular flexibility index (Phi) is 6.24. The molecule has 0 saturated carbocycles. The van der Waals surface area contributed by atoms with Crippen LogP contribution in [0.5, 0.6) is 0 Å². The predicted molar refractivity (Wildman–Crippen MR) is 93.6 cm³/mol. The molecule has 1 aromatic carbocycles. The average molecular weight is 346 g/mol. The molecule has 0 radical (unpaired) electrons. The molecule has 0 aliphatic heterocycles. The third-order valence-corrected chi connectivity index (χ3v) is 3.73. The first-order chi connectivity index (χ1) is 12.0. The number of nitrogens with one attached hydrogen (secondary N) is 2. The first kappa shape index (κ1) is 18.6. The van der Waals surface area contributed by atoms with E-state index in [0.29, 0.717) is 42.0 Å². The van der Waals surface area contributed by atoms with Gasteiger partial charge in [-0.05, 0) is 32.0 Å². The Morgan fingerprint density at radius 2 is 2.04 bits per heavy atom. The molecule has 0 unspecified atom stereocenters. The van der Waals surface area contributed by atoms with E-state index >= 15 is 0 Å². The van der Waals surface area contributed by atoms with Gasteiger partial charge < -0.3 is 19.9 Å². The van der Waals surface area contributed by atoms with Gasteiger partial charge in [-0.3, -0.25) is 14.4 Å². The molecule has 1 heterocycles. The van der Waals surface area contributed by atoms with E-state index in [0.717, 1.165) is 0 Å². The second-order valence-electron chi connectivity index (χ2n) is 5.48. The Hall–Kier alpha value is -2.74. The number of fused-ring (bicyclic) bond motifs is 1. The van der Waals surface area contributed by atoms with Crippen LogP contribution in [-0.4, -0.2) is 48.2 Å². The van der Waals surface area contributed by atoms with Crippen molar-refractivity contribution < 1.29 is 14.3 Å². The smallest absolute Gasteiger partial charge is 0.272 e. The minimum atomic E-state index is -0.377. The molecule has 8 heteroatoms. The molecule has 134 valence electrons. The van der Waals surface area contributed by atoms with Crippen LogP contribution >= 0.6 is 0 Å². The summed E-state index contributed by atoms with van der Waals surface area (Å²) >= 11 is 0. The molecule has 2 aromatic rings. The summed E-state index contributed by atoms with van der Waals surface area (Å²) in [7, 11) is 1.54. The molecule has 2 amide bonds. The van der Waals surface area contributed by atoms with E-state index in [4.69, 9.17) is 4.74 Å². The Balaban J connectivity index is 2.13. The number of methoxy groups -OCH3 is 1. The standard InChI is InChI=1S/C17H22N4O4/c1-4-21-14-6-5-12(9-13(14)20-11(2)17(21)24)16(23)19-10-15(22)18-7-8-25-3/h5-6,9H,4,7-8,10H2,1-3H3,(H,18,22)(H,19,23). The van der Waals surface area contributed by atoms with Gasteiger partial charge in [0.1, 0.15) is 5.69 Å². The van der Waals surface area contributed by atoms with Gasteiger partial charge >= 0.3 is 0 Å². The quantitative estimate of drug-likeness (QED) is 0.698. The SMILES string of the molecule is CCn1c(=O)c(C)nc2cc(C(=O)NCC(=O)NCCOC)ccc21. The summed E-state index contributed by atoms with van der Waals surface area (Å²) in [6.07, 6.45) is 0. The topological polar surface area (TPSA) is 102 Å². The van der Waals surface area contributed by atoms with Crippen LogP contribution in [0.2, 0.25) is 0 Å². The second kappa shape index (κ2) is 8.39. The normalized spacial score (nSPS) is 10.7. The van der Waals surface area contributed by atoms with E-state index in [9.17, 15) is 14.4 Å². The van der Waals surface area contributed by atoms with Gasteiger partial charge in [-0.1, -0.05) is 0 Å². The fourth-order valence-corrected chi connectivity index (χ4v) is 2.45. The molecular weight excluding hydrogens is 324 g/mol. The zero-order valence-electron chi connectivity index (χ0n) is 14.6. The number of aromatic nitrogens is 2. The summed E-state index contributed by atoms with van der Waals surface area (Å²) in [4.78, 5) is 40.2. The monoisotopic (exact) mass is 346 g/mol. The summed E-state index contributed by atoms with van der Waals surface area (Å²) < 4.78 is 6.45. The lowest BCUT2D eigenvalue weighted by Gasteiger charge is -2.10. The Bertz CT molecular complexity index is 844. The number of amides is 2. The van der Waals surface area contributed by atoms with Crippen molar-refractivity contribution in [1.82, 2.24) is 20.2 Å². The van der Waals surface area contributed by atoms with Gasteiger partial charge in [0, 0.05) is 25.8 Å². The fourth-order valence-electron chi connectivity index (χ4n) is 2.45. The van der Waals surface area contributed by atoms with E-state index in [1.807, 2.05) is 6.92 Å². The predicted octanol–water partition coefficient (Wildman–Crippen LogP) is 0.217. The molecule has 8 nitrogen and oxygen atoms in total. The van der Waals surface area contributed by atoms with E-state index in [1.54, 1.807) is 36.8 Å². The highest BCUT2D eigenvalue weighted by Gasteiger charge is 2.12. The van der Waals surface area contributed by atoms with Gasteiger partial charge in [-0.2, -0.15) is 0 Å². The minimum Gasteiger partial charge on any atom is -0.383 e. The highest BCUT2D eigenvalue weighted by molar-refractivity contribution is 5.99. The van der Waals surface area contributed by atoms with Crippen LogP contribution in [0.4, 0.5) is 0 Å². The minimum absolute atomic E-state index is 0.124. The molecule has 1 aromatic heterocycles. The molecule has 25 heavy (non-hydrogen) atoms. The lowest BCUT2D eigenvalue weighted by Crippen LogP contribution is -2.38. The van der Waals surface area contributed by atoms with Crippen LogP contribution in [0.25, 0.3) is 11.0 Å². The summed E-state index contributed by atoms with van der Waals surface area (Å²) in [6, 6.07) is 4.93. The first-order valence-electron chi connectivity index (χ1n) is 8.03. The fraction of sp³-hybridized carbons (Fsp3) is 0.412.